The first-order valence-electron chi connectivity index (χ1n) is 7.40. The fraction of sp³-hybridized carbons (Fsp3) is 0.438. The second-order valence-corrected chi connectivity index (χ2v) is 6.11. The van der Waals surface area contributed by atoms with Gasteiger partial charge >= 0.3 is 0 Å². The molecule has 4 heteroatoms. The lowest BCUT2D eigenvalue weighted by Crippen LogP contribution is -2.39. The number of hydrogen-bond acceptors (Lipinski definition) is 2. The SMILES string of the molecule is Nc1ccc2[nH]c3c(c2c1)CC(NC(=O)C1CC1)CC3. The number of carbonyl (C=O) groups is 1. The molecule has 20 heavy (non-hydrogen) atoms. The van der Waals surface area contributed by atoms with Crippen LogP contribution >= 0.6 is 0 Å². The number of nitrogens with one attached hydrogen (secondary N) is 2. The molecule has 4 rings (SSSR count). The zero-order chi connectivity index (χ0) is 13.7. The first kappa shape index (κ1) is 11.8. The summed E-state index contributed by atoms with van der Waals surface area (Å²) in [4.78, 5) is 15.4. The fourth-order valence-electron chi connectivity index (χ4n) is 3.22. The maximum Gasteiger partial charge on any atom is 0.223 e. The molecule has 4 N–H and O–H groups in total. The molecule has 4 nitrogen and oxygen atoms in total. The largest absolute Gasteiger partial charge is 0.399 e. The first-order chi connectivity index (χ1) is 9.70. The molecule has 1 aromatic carbocycles. The van der Waals surface area contributed by atoms with Crippen LogP contribution in [0.3, 0.4) is 0 Å². The molecule has 2 aliphatic carbocycles. The average molecular weight is 269 g/mol. The van der Waals surface area contributed by atoms with Crippen LogP contribution in [0, 0.1) is 5.92 Å². The van der Waals surface area contributed by atoms with Gasteiger partial charge in [-0.25, -0.2) is 0 Å². The van der Waals surface area contributed by atoms with Crippen LogP contribution in [0.25, 0.3) is 10.9 Å². The van der Waals surface area contributed by atoms with Gasteiger partial charge in [0.15, 0.2) is 0 Å². The number of amides is 1. The predicted octanol–water partition coefficient (Wildman–Crippen LogP) is 2.13. The van der Waals surface area contributed by atoms with Gasteiger partial charge in [-0.05, 0) is 55.9 Å². The monoisotopic (exact) mass is 269 g/mol. The van der Waals surface area contributed by atoms with Crippen molar-refractivity contribution < 1.29 is 4.79 Å². The number of H-pyrrole nitrogens is 1. The zero-order valence-corrected chi connectivity index (χ0v) is 11.4. The number of benzene rings is 1. The summed E-state index contributed by atoms with van der Waals surface area (Å²) in [6.07, 6.45) is 5.06. The van der Waals surface area contributed by atoms with Gasteiger partial charge in [-0.3, -0.25) is 4.79 Å². The molecule has 0 saturated heterocycles. The van der Waals surface area contributed by atoms with E-state index in [1.165, 1.54) is 16.6 Å². The van der Waals surface area contributed by atoms with E-state index in [4.69, 9.17) is 5.73 Å². The molecule has 0 radical (unpaired) electrons. The van der Waals surface area contributed by atoms with Crippen LogP contribution in [0.2, 0.25) is 0 Å². The van der Waals surface area contributed by atoms with Gasteiger partial charge in [-0.1, -0.05) is 0 Å². The number of rotatable bonds is 2. The van der Waals surface area contributed by atoms with Gasteiger partial charge in [0.05, 0.1) is 0 Å². The Hall–Kier alpha value is -1.97. The Balaban J connectivity index is 1.62. The maximum atomic E-state index is 11.9. The van der Waals surface area contributed by atoms with Crippen molar-refractivity contribution in [2.24, 2.45) is 5.92 Å². The van der Waals surface area contributed by atoms with Crippen molar-refractivity contribution in [3.63, 3.8) is 0 Å². The van der Waals surface area contributed by atoms with Crippen LogP contribution in [-0.4, -0.2) is 16.9 Å². The number of fused-ring (bicyclic) bond motifs is 3. The van der Waals surface area contributed by atoms with E-state index in [1.54, 1.807) is 0 Å². The van der Waals surface area contributed by atoms with Crippen molar-refractivity contribution in [3.8, 4) is 0 Å². The summed E-state index contributed by atoms with van der Waals surface area (Å²) in [5, 5.41) is 4.42. The smallest absolute Gasteiger partial charge is 0.223 e. The molecule has 1 saturated carbocycles. The van der Waals surface area contributed by atoms with Crippen molar-refractivity contribution >= 4 is 22.5 Å². The van der Waals surface area contributed by atoms with Gasteiger partial charge in [-0.15, -0.1) is 0 Å². The zero-order valence-electron chi connectivity index (χ0n) is 11.4. The molecule has 0 spiro atoms. The van der Waals surface area contributed by atoms with Crippen LogP contribution in [0.5, 0.6) is 0 Å². The van der Waals surface area contributed by atoms with Crippen LogP contribution < -0.4 is 11.1 Å². The first-order valence-corrected chi connectivity index (χ1v) is 7.40. The van der Waals surface area contributed by atoms with Crippen LogP contribution in [-0.2, 0) is 17.6 Å². The van der Waals surface area contributed by atoms with Crippen molar-refractivity contribution in [3.05, 3.63) is 29.5 Å². The molecule has 1 amide bonds. The lowest BCUT2D eigenvalue weighted by molar-refractivity contribution is -0.123. The summed E-state index contributed by atoms with van der Waals surface area (Å²) < 4.78 is 0. The second-order valence-electron chi connectivity index (χ2n) is 6.11. The number of hydrogen-bond donors (Lipinski definition) is 3. The third kappa shape index (κ3) is 1.96. The maximum absolute atomic E-state index is 11.9. The fourth-order valence-corrected chi connectivity index (χ4v) is 3.22. The van der Waals surface area contributed by atoms with Crippen molar-refractivity contribution in [1.29, 1.82) is 0 Å². The van der Waals surface area contributed by atoms with E-state index in [1.807, 2.05) is 18.2 Å². The van der Waals surface area contributed by atoms with Crippen LogP contribution in [0.4, 0.5) is 5.69 Å². The normalized spacial score (nSPS) is 21.7. The van der Waals surface area contributed by atoms with Crippen molar-refractivity contribution in [2.75, 3.05) is 5.73 Å². The minimum atomic E-state index is 0.248. The Bertz CT molecular complexity index is 684. The Kier molecular flexibility index (Phi) is 2.52. The molecular weight excluding hydrogens is 250 g/mol. The molecule has 1 fully saturated rings. The summed E-state index contributed by atoms with van der Waals surface area (Å²) in [6, 6.07) is 6.28. The van der Waals surface area contributed by atoms with Crippen molar-refractivity contribution in [2.45, 2.75) is 38.1 Å². The minimum Gasteiger partial charge on any atom is -0.399 e. The van der Waals surface area contributed by atoms with Crippen LogP contribution in [0.15, 0.2) is 18.2 Å². The standard InChI is InChI=1S/C16H19N3O/c17-10-3-5-14-12(7-10)13-8-11(4-6-15(13)19-14)18-16(20)9-1-2-9/h3,5,7,9,11,19H,1-2,4,6,8,17H2,(H,18,20). The van der Waals surface area contributed by atoms with E-state index in [9.17, 15) is 4.79 Å². The molecule has 0 aliphatic heterocycles. The third-order valence-corrected chi connectivity index (χ3v) is 4.51. The molecule has 2 aliphatic rings. The average Bonchev–Trinajstić information content (AvgIpc) is 3.22. The molecular formula is C16H19N3O. The van der Waals surface area contributed by atoms with E-state index in [2.05, 4.69) is 10.3 Å². The quantitative estimate of drug-likeness (QED) is 0.731. The molecule has 2 aromatic rings. The summed E-state index contributed by atoms with van der Waals surface area (Å²) in [7, 11) is 0. The Morgan fingerprint density at radius 3 is 2.95 bits per heavy atom. The Morgan fingerprint density at radius 2 is 2.15 bits per heavy atom. The lowest BCUT2D eigenvalue weighted by atomic mass is 9.91. The summed E-state index contributed by atoms with van der Waals surface area (Å²) in [6.45, 7) is 0. The Labute approximate surface area is 117 Å². The van der Waals surface area contributed by atoms with Gasteiger partial charge in [-0.2, -0.15) is 0 Å². The molecule has 1 atom stereocenters. The molecule has 0 bridgehead atoms. The van der Waals surface area contributed by atoms with Gasteiger partial charge in [0.25, 0.3) is 0 Å². The van der Waals surface area contributed by atoms with E-state index in [-0.39, 0.29) is 17.9 Å². The van der Waals surface area contributed by atoms with Crippen LogP contribution in [0.1, 0.15) is 30.5 Å². The molecule has 1 aromatic heterocycles. The topological polar surface area (TPSA) is 70.9 Å². The highest BCUT2D eigenvalue weighted by Crippen LogP contribution is 2.32. The number of aryl methyl sites for hydroxylation is 1. The van der Waals surface area contributed by atoms with Gasteiger partial charge in [0, 0.05) is 34.2 Å². The molecule has 1 unspecified atom stereocenters. The second kappa shape index (κ2) is 4.27. The number of aromatic amines is 1. The lowest BCUT2D eigenvalue weighted by Gasteiger charge is -2.23. The summed E-state index contributed by atoms with van der Waals surface area (Å²) in [5.41, 5.74) is 10.5. The highest BCUT2D eigenvalue weighted by atomic mass is 16.2. The number of aromatic nitrogens is 1. The molecule has 104 valence electrons. The molecule has 1 heterocycles. The predicted molar refractivity (Wildman–Crippen MR) is 79.4 cm³/mol. The number of nitrogen functional groups attached to an aromatic ring is 1. The number of nitrogens with two attached hydrogens (primary N) is 1. The van der Waals surface area contributed by atoms with Crippen molar-refractivity contribution in [1.82, 2.24) is 10.3 Å². The number of anilines is 1. The third-order valence-electron chi connectivity index (χ3n) is 4.51. The van der Waals surface area contributed by atoms with Gasteiger partial charge in [0.2, 0.25) is 5.91 Å². The minimum absolute atomic E-state index is 0.248. The van der Waals surface area contributed by atoms with Gasteiger partial charge < -0.3 is 16.0 Å². The number of carbonyl (C=O) groups excluding carboxylic acids is 1. The van der Waals surface area contributed by atoms with E-state index in [0.717, 1.165) is 43.3 Å². The summed E-state index contributed by atoms with van der Waals surface area (Å²) in [5.74, 6) is 0.535. The highest BCUT2D eigenvalue weighted by Gasteiger charge is 2.32. The van der Waals surface area contributed by atoms with E-state index >= 15 is 0 Å². The van der Waals surface area contributed by atoms with E-state index in [0.29, 0.717) is 0 Å². The van der Waals surface area contributed by atoms with Gasteiger partial charge in [0.1, 0.15) is 0 Å². The Morgan fingerprint density at radius 1 is 1.30 bits per heavy atom. The summed E-state index contributed by atoms with van der Waals surface area (Å²) >= 11 is 0. The van der Waals surface area contributed by atoms with E-state index < -0.39 is 0 Å². The highest BCUT2D eigenvalue weighted by molar-refractivity contribution is 5.88.